The first-order valence-corrected chi connectivity index (χ1v) is 8.26. The molecule has 0 aromatic heterocycles. The van der Waals surface area contributed by atoms with Crippen molar-refractivity contribution in [2.45, 2.75) is 76.8 Å². The van der Waals surface area contributed by atoms with E-state index < -0.39 is 0 Å². The van der Waals surface area contributed by atoms with Gasteiger partial charge in [-0.15, -0.1) is 0 Å². The lowest BCUT2D eigenvalue weighted by Gasteiger charge is -2.40. The van der Waals surface area contributed by atoms with Gasteiger partial charge in [0.05, 0.1) is 0 Å². The Hall–Kier alpha value is -0.0800. The highest BCUT2D eigenvalue weighted by molar-refractivity contribution is 4.85. The number of rotatable bonds is 5. The second kappa shape index (κ2) is 7.49. The Morgan fingerprint density at radius 1 is 1.06 bits per heavy atom. The summed E-state index contributed by atoms with van der Waals surface area (Å²) in [5, 5.41) is 3.62. The Balaban J connectivity index is 1.87. The van der Waals surface area contributed by atoms with Gasteiger partial charge in [0.15, 0.2) is 0 Å². The quantitative estimate of drug-likeness (QED) is 0.806. The lowest BCUT2D eigenvalue weighted by Crippen LogP contribution is -2.49. The maximum Gasteiger partial charge on any atom is 0.0220 e. The molecule has 2 nitrogen and oxygen atoms in total. The van der Waals surface area contributed by atoms with Crippen molar-refractivity contribution in [3.8, 4) is 0 Å². The summed E-state index contributed by atoms with van der Waals surface area (Å²) in [7, 11) is 2.17. The first-order chi connectivity index (χ1) is 8.85. The number of piperidine rings is 1. The molecule has 0 spiro atoms. The molecule has 1 saturated heterocycles. The summed E-state index contributed by atoms with van der Waals surface area (Å²) in [6.07, 6.45) is 12.9. The van der Waals surface area contributed by atoms with Gasteiger partial charge in [0.2, 0.25) is 0 Å². The largest absolute Gasteiger partial charge is 0.315 e. The van der Waals surface area contributed by atoms with E-state index in [2.05, 4.69) is 24.2 Å². The maximum absolute atomic E-state index is 3.62. The van der Waals surface area contributed by atoms with Gasteiger partial charge in [-0.1, -0.05) is 32.6 Å². The minimum atomic E-state index is 0.734. The van der Waals surface area contributed by atoms with Gasteiger partial charge in [0.25, 0.3) is 0 Å². The van der Waals surface area contributed by atoms with Gasteiger partial charge in [-0.2, -0.15) is 0 Å². The zero-order valence-corrected chi connectivity index (χ0v) is 12.5. The van der Waals surface area contributed by atoms with Crippen LogP contribution >= 0.6 is 0 Å². The Bertz CT molecular complexity index is 223. The molecule has 2 rings (SSSR count). The molecule has 0 radical (unpaired) electrons. The third kappa shape index (κ3) is 3.71. The summed E-state index contributed by atoms with van der Waals surface area (Å²) in [6.45, 7) is 4.99. The number of hydrogen-bond donors (Lipinski definition) is 1. The third-order valence-corrected chi connectivity index (χ3v) is 5.24. The van der Waals surface area contributed by atoms with Crippen molar-refractivity contribution in [2.24, 2.45) is 5.92 Å². The number of likely N-dealkylation sites (tertiary alicyclic amines) is 1. The fourth-order valence-corrected chi connectivity index (χ4v) is 4.03. The molecule has 2 heteroatoms. The molecular formula is C16H32N2. The maximum atomic E-state index is 3.62. The Morgan fingerprint density at radius 3 is 2.44 bits per heavy atom. The van der Waals surface area contributed by atoms with Crippen molar-refractivity contribution in [3.63, 3.8) is 0 Å². The zero-order valence-electron chi connectivity index (χ0n) is 12.5. The van der Waals surface area contributed by atoms with E-state index in [1.54, 1.807) is 0 Å². The summed E-state index contributed by atoms with van der Waals surface area (Å²) >= 11 is 0. The molecule has 1 heterocycles. The van der Waals surface area contributed by atoms with Crippen molar-refractivity contribution in [1.29, 1.82) is 0 Å². The first kappa shape index (κ1) is 14.3. The predicted molar refractivity (Wildman–Crippen MR) is 78.9 cm³/mol. The Labute approximate surface area is 114 Å². The van der Waals surface area contributed by atoms with Crippen LogP contribution in [0.2, 0.25) is 0 Å². The predicted octanol–water partition coefficient (Wildman–Crippen LogP) is 3.42. The van der Waals surface area contributed by atoms with Crippen LogP contribution in [0.15, 0.2) is 0 Å². The molecule has 106 valence electrons. The first-order valence-electron chi connectivity index (χ1n) is 8.26. The normalized spacial score (nSPS) is 29.3. The van der Waals surface area contributed by atoms with Gasteiger partial charge in [-0.3, -0.25) is 4.90 Å². The molecule has 2 fully saturated rings. The van der Waals surface area contributed by atoms with Gasteiger partial charge in [-0.25, -0.2) is 0 Å². The lowest BCUT2D eigenvalue weighted by molar-refractivity contribution is 0.110. The van der Waals surface area contributed by atoms with E-state index in [4.69, 9.17) is 0 Å². The second-order valence-corrected chi connectivity index (χ2v) is 6.35. The van der Waals surface area contributed by atoms with Crippen LogP contribution in [-0.4, -0.2) is 37.1 Å². The van der Waals surface area contributed by atoms with Gasteiger partial charge in [-0.05, 0) is 51.6 Å². The van der Waals surface area contributed by atoms with Crippen molar-refractivity contribution in [1.82, 2.24) is 10.2 Å². The van der Waals surface area contributed by atoms with Crippen molar-refractivity contribution < 1.29 is 0 Å². The minimum Gasteiger partial charge on any atom is -0.315 e. The highest BCUT2D eigenvalue weighted by Crippen LogP contribution is 2.28. The van der Waals surface area contributed by atoms with Crippen molar-refractivity contribution >= 4 is 0 Å². The summed E-state index contributed by atoms with van der Waals surface area (Å²) in [4.78, 5) is 2.78. The second-order valence-electron chi connectivity index (χ2n) is 6.35. The molecule has 2 unspecified atom stereocenters. The van der Waals surface area contributed by atoms with Crippen LogP contribution in [-0.2, 0) is 0 Å². The van der Waals surface area contributed by atoms with Gasteiger partial charge < -0.3 is 5.32 Å². The fraction of sp³-hybridized carbons (Fsp3) is 1.00. The molecule has 2 atom stereocenters. The molecule has 2 aliphatic rings. The van der Waals surface area contributed by atoms with E-state index in [9.17, 15) is 0 Å². The summed E-state index contributed by atoms with van der Waals surface area (Å²) in [5.41, 5.74) is 0. The molecule has 0 bridgehead atoms. The molecule has 0 aromatic carbocycles. The van der Waals surface area contributed by atoms with Crippen molar-refractivity contribution in [3.05, 3.63) is 0 Å². The third-order valence-electron chi connectivity index (χ3n) is 5.24. The van der Waals surface area contributed by atoms with Gasteiger partial charge >= 0.3 is 0 Å². The van der Waals surface area contributed by atoms with E-state index in [1.807, 2.05) is 0 Å². The molecule has 1 aliphatic heterocycles. The van der Waals surface area contributed by atoms with Crippen LogP contribution in [0.5, 0.6) is 0 Å². The van der Waals surface area contributed by atoms with Gasteiger partial charge in [0, 0.05) is 18.6 Å². The molecular weight excluding hydrogens is 220 g/mol. The molecule has 0 aromatic rings. The fourth-order valence-electron chi connectivity index (χ4n) is 4.03. The average Bonchev–Trinajstić information content (AvgIpc) is 2.46. The Kier molecular flexibility index (Phi) is 5.97. The number of nitrogens with zero attached hydrogens (tertiary/aromatic N) is 1. The van der Waals surface area contributed by atoms with Crippen LogP contribution in [0.4, 0.5) is 0 Å². The topological polar surface area (TPSA) is 15.3 Å². The van der Waals surface area contributed by atoms with E-state index in [1.165, 1.54) is 70.9 Å². The minimum absolute atomic E-state index is 0.734. The smallest absolute Gasteiger partial charge is 0.0220 e. The van der Waals surface area contributed by atoms with Gasteiger partial charge in [0.1, 0.15) is 0 Å². The lowest BCUT2D eigenvalue weighted by atomic mass is 9.83. The molecule has 1 saturated carbocycles. The van der Waals surface area contributed by atoms with E-state index in [0.29, 0.717) is 0 Å². The standard InChI is InChI=1S/C16H32N2/c1-3-15-11-7-8-12-18(15)13-16(17-2)14-9-5-4-6-10-14/h14-17H,3-13H2,1-2H3. The Morgan fingerprint density at radius 2 is 1.78 bits per heavy atom. The van der Waals surface area contributed by atoms with Crippen LogP contribution in [0, 0.1) is 5.92 Å². The summed E-state index contributed by atoms with van der Waals surface area (Å²) in [5.74, 6) is 0.934. The van der Waals surface area contributed by atoms with E-state index in [-0.39, 0.29) is 0 Å². The summed E-state index contributed by atoms with van der Waals surface area (Å²) in [6, 6.07) is 1.59. The summed E-state index contributed by atoms with van der Waals surface area (Å²) < 4.78 is 0. The van der Waals surface area contributed by atoms with E-state index in [0.717, 1.165) is 18.0 Å². The molecule has 1 N–H and O–H groups in total. The number of likely N-dealkylation sites (N-methyl/N-ethyl adjacent to an activating group) is 1. The van der Waals surface area contributed by atoms with E-state index >= 15 is 0 Å². The monoisotopic (exact) mass is 252 g/mol. The average molecular weight is 252 g/mol. The van der Waals surface area contributed by atoms with Crippen molar-refractivity contribution in [2.75, 3.05) is 20.1 Å². The SMILES string of the molecule is CCC1CCCCN1CC(NC)C1CCCCC1. The number of hydrogen-bond acceptors (Lipinski definition) is 2. The number of nitrogens with one attached hydrogen (secondary N) is 1. The zero-order chi connectivity index (χ0) is 12.8. The van der Waals surface area contributed by atoms with Crippen LogP contribution in [0.25, 0.3) is 0 Å². The molecule has 0 amide bonds. The highest BCUT2D eigenvalue weighted by atomic mass is 15.2. The van der Waals surface area contributed by atoms with Crippen LogP contribution in [0.1, 0.15) is 64.7 Å². The van der Waals surface area contributed by atoms with Crippen LogP contribution in [0.3, 0.4) is 0 Å². The molecule has 1 aliphatic carbocycles. The van der Waals surface area contributed by atoms with Crippen LogP contribution < -0.4 is 5.32 Å². The highest BCUT2D eigenvalue weighted by Gasteiger charge is 2.28. The molecule has 18 heavy (non-hydrogen) atoms.